The van der Waals surface area contributed by atoms with Crippen molar-refractivity contribution in [3.8, 4) is 0 Å². The average Bonchev–Trinajstić information content (AvgIpc) is 2.88. The Labute approximate surface area is 135 Å². The molecule has 1 heterocycles. The van der Waals surface area contributed by atoms with E-state index in [1.165, 1.54) is 16.8 Å². The first kappa shape index (κ1) is 16.6. The Kier molecular flexibility index (Phi) is 6.02. The molecule has 22 heavy (non-hydrogen) atoms. The largest absolute Gasteiger partial charge is 0.346 e. The number of rotatable bonds is 8. The fraction of sp³-hybridized carbons (Fsp3) is 0.400. The number of aromatic nitrogens is 1. The maximum atomic E-state index is 3.89. The summed E-state index contributed by atoms with van der Waals surface area (Å²) < 4.78 is 2.35. The fourth-order valence-corrected chi connectivity index (χ4v) is 2.77. The van der Waals surface area contributed by atoms with Crippen LogP contribution in [0.25, 0.3) is 0 Å². The molecule has 1 aromatic heterocycles. The van der Waals surface area contributed by atoms with Crippen molar-refractivity contribution in [3.63, 3.8) is 0 Å². The van der Waals surface area contributed by atoms with Gasteiger partial charge >= 0.3 is 0 Å². The first-order valence-corrected chi connectivity index (χ1v) is 8.11. The maximum Gasteiger partial charge on any atom is 0.0473 e. The van der Waals surface area contributed by atoms with E-state index in [0.717, 1.165) is 26.2 Å². The molecule has 0 saturated heterocycles. The van der Waals surface area contributed by atoms with Gasteiger partial charge in [0.1, 0.15) is 0 Å². The highest BCUT2D eigenvalue weighted by Gasteiger charge is 2.09. The number of nitrogens with zero attached hydrogens (tertiary/aromatic N) is 2. The smallest absolute Gasteiger partial charge is 0.0473 e. The second kappa shape index (κ2) is 8.00. The zero-order valence-electron chi connectivity index (χ0n) is 14.1. The monoisotopic (exact) mass is 296 g/mol. The zero-order valence-corrected chi connectivity index (χ0v) is 14.1. The third-order valence-corrected chi connectivity index (χ3v) is 3.79. The summed E-state index contributed by atoms with van der Waals surface area (Å²) in [6.45, 7) is 14.5. The Hall–Kier alpha value is -1.80. The van der Waals surface area contributed by atoms with Crippen molar-refractivity contribution in [2.24, 2.45) is 5.92 Å². The summed E-state index contributed by atoms with van der Waals surface area (Å²) in [5, 5.41) is 0. The van der Waals surface area contributed by atoms with Gasteiger partial charge in [-0.25, -0.2) is 0 Å². The van der Waals surface area contributed by atoms with Crippen LogP contribution in [0.1, 0.15) is 30.7 Å². The molecule has 0 unspecified atom stereocenters. The van der Waals surface area contributed by atoms with Gasteiger partial charge in [-0.1, -0.05) is 49.8 Å². The van der Waals surface area contributed by atoms with Gasteiger partial charge in [0, 0.05) is 38.1 Å². The highest BCUT2D eigenvalue weighted by atomic mass is 15.1. The molecule has 1 aromatic carbocycles. The molecular formula is C20H28N2. The quantitative estimate of drug-likeness (QED) is 0.652. The summed E-state index contributed by atoms with van der Waals surface area (Å²) in [6, 6.07) is 13.2. The summed E-state index contributed by atoms with van der Waals surface area (Å²) >= 11 is 0. The van der Waals surface area contributed by atoms with E-state index in [4.69, 9.17) is 0 Å². The Morgan fingerprint density at radius 1 is 1.18 bits per heavy atom. The lowest BCUT2D eigenvalue weighted by molar-refractivity contribution is 0.255. The van der Waals surface area contributed by atoms with Crippen molar-refractivity contribution in [2.45, 2.75) is 33.9 Å². The van der Waals surface area contributed by atoms with Crippen molar-refractivity contribution < 1.29 is 0 Å². The zero-order chi connectivity index (χ0) is 15.9. The van der Waals surface area contributed by atoms with Gasteiger partial charge in [0.15, 0.2) is 0 Å². The molecule has 0 atom stereocenters. The van der Waals surface area contributed by atoms with Crippen LogP contribution in [0.5, 0.6) is 0 Å². The third-order valence-electron chi connectivity index (χ3n) is 3.79. The van der Waals surface area contributed by atoms with Crippen LogP contribution < -0.4 is 0 Å². The molecule has 0 aliphatic heterocycles. The minimum Gasteiger partial charge on any atom is -0.346 e. The SMILES string of the molecule is C=CCN(Cc1cccn1Cc1ccc(C)cc1)CC(C)C. The average molecular weight is 296 g/mol. The molecule has 0 amide bonds. The van der Waals surface area contributed by atoms with Crippen LogP contribution in [-0.4, -0.2) is 22.6 Å². The molecule has 0 aliphatic rings. The van der Waals surface area contributed by atoms with Gasteiger partial charge in [-0.05, 0) is 30.5 Å². The topological polar surface area (TPSA) is 8.17 Å². The fourth-order valence-electron chi connectivity index (χ4n) is 2.77. The van der Waals surface area contributed by atoms with Gasteiger partial charge < -0.3 is 4.57 Å². The first-order valence-electron chi connectivity index (χ1n) is 8.11. The molecule has 0 fully saturated rings. The van der Waals surface area contributed by atoms with E-state index in [-0.39, 0.29) is 0 Å². The van der Waals surface area contributed by atoms with Crippen LogP contribution in [0.4, 0.5) is 0 Å². The Morgan fingerprint density at radius 2 is 1.91 bits per heavy atom. The van der Waals surface area contributed by atoms with Gasteiger partial charge in [-0.15, -0.1) is 6.58 Å². The Bertz CT molecular complexity index is 578. The summed E-state index contributed by atoms with van der Waals surface area (Å²) in [6.07, 6.45) is 4.17. The molecule has 2 aromatic rings. The lowest BCUT2D eigenvalue weighted by Crippen LogP contribution is -2.28. The van der Waals surface area contributed by atoms with E-state index in [2.05, 4.69) is 79.4 Å². The summed E-state index contributed by atoms with van der Waals surface area (Å²) in [5.74, 6) is 0.667. The maximum absolute atomic E-state index is 3.89. The molecule has 0 saturated carbocycles. The molecule has 0 aliphatic carbocycles. The van der Waals surface area contributed by atoms with Crippen LogP contribution in [-0.2, 0) is 13.1 Å². The standard InChI is InChI=1S/C20H28N2/c1-5-12-21(14-17(2)3)16-20-7-6-13-22(20)15-19-10-8-18(4)9-11-19/h5-11,13,17H,1,12,14-16H2,2-4H3. The summed E-state index contributed by atoms with van der Waals surface area (Å²) in [4.78, 5) is 2.46. The van der Waals surface area contributed by atoms with Crippen molar-refractivity contribution in [1.82, 2.24) is 9.47 Å². The molecular weight excluding hydrogens is 268 g/mol. The Balaban J connectivity index is 2.07. The minimum absolute atomic E-state index is 0.667. The van der Waals surface area contributed by atoms with Crippen molar-refractivity contribution in [3.05, 3.63) is 72.1 Å². The minimum atomic E-state index is 0.667. The van der Waals surface area contributed by atoms with E-state index in [1.807, 2.05) is 6.08 Å². The van der Waals surface area contributed by atoms with Crippen molar-refractivity contribution >= 4 is 0 Å². The predicted octanol–water partition coefficient (Wildman–Crippen LogP) is 4.49. The second-order valence-corrected chi connectivity index (χ2v) is 6.49. The third kappa shape index (κ3) is 4.88. The lowest BCUT2D eigenvalue weighted by Gasteiger charge is -2.23. The molecule has 118 valence electrons. The molecule has 0 bridgehead atoms. The number of hydrogen-bond acceptors (Lipinski definition) is 1. The van der Waals surface area contributed by atoms with Crippen LogP contribution in [0.3, 0.4) is 0 Å². The predicted molar refractivity (Wildman–Crippen MR) is 95.0 cm³/mol. The number of aryl methyl sites for hydroxylation is 1. The molecule has 0 N–H and O–H groups in total. The highest BCUT2D eigenvalue weighted by Crippen LogP contribution is 2.12. The molecule has 2 nitrogen and oxygen atoms in total. The molecule has 0 spiro atoms. The van der Waals surface area contributed by atoms with E-state index in [9.17, 15) is 0 Å². The van der Waals surface area contributed by atoms with Crippen molar-refractivity contribution in [2.75, 3.05) is 13.1 Å². The van der Waals surface area contributed by atoms with Crippen molar-refractivity contribution in [1.29, 1.82) is 0 Å². The van der Waals surface area contributed by atoms with Gasteiger partial charge in [-0.2, -0.15) is 0 Å². The normalized spacial score (nSPS) is 11.3. The summed E-state index contributed by atoms with van der Waals surface area (Å²) in [5.41, 5.74) is 4.02. The molecule has 2 heteroatoms. The van der Waals surface area contributed by atoms with Crippen LogP contribution >= 0.6 is 0 Å². The number of benzene rings is 1. The van der Waals surface area contributed by atoms with E-state index < -0.39 is 0 Å². The van der Waals surface area contributed by atoms with Gasteiger partial charge in [0.05, 0.1) is 0 Å². The van der Waals surface area contributed by atoms with Crippen LogP contribution in [0.15, 0.2) is 55.3 Å². The first-order chi connectivity index (χ1) is 10.6. The Morgan fingerprint density at radius 3 is 2.55 bits per heavy atom. The van der Waals surface area contributed by atoms with E-state index >= 15 is 0 Å². The van der Waals surface area contributed by atoms with Gasteiger partial charge in [-0.3, -0.25) is 4.90 Å². The van der Waals surface area contributed by atoms with Gasteiger partial charge in [0.25, 0.3) is 0 Å². The lowest BCUT2D eigenvalue weighted by atomic mass is 10.1. The van der Waals surface area contributed by atoms with Crippen LogP contribution in [0.2, 0.25) is 0 Å². The molecule has 2 rings (SSSR count). The van der Waals surface area contributed by atoms with E-state index in [0.29, 0.717) is 5.92 Å². The number of hydrogen-bond donors (Lipinski definition) is 0. The van der Waals surface area contributed by atoms with Gasteiger partial charge in [0.2, 0.25) is 0 Å². The second-order valence-electron chi connectivity index (χ2n) is 6.49. The highest BCUT2D eigenvalue weighted by molar-refractivity contribution is 5.22. The van der Waals surface area contributed by atoms with E-state index in [1.54, 1.807) is 0 Å². The summed E-state index contributed by atoms with van der Waals surface area (Å²) in [7, 11) is 0. The molecule has 0 radical (unpaired) electrons. The van der Waals surface area contributed by atoms with Crippen LogP contribution in [0, 0.1) is 12.8 Å².